The lowest BCUT2D eigenvalue weighted by Crippen LogP contribution is -2.38. The van der Waals surface area contributed by atoms with Crippen molar-refractivity contribution in [1.82, 2.24) is 0 Å². The SMILES string of the molecule is Cc1cccc(NC(=O)CC(N)C(C)(C)C)c1C. The van der Waals surface area contributed by atoms with Crippen LogP contribution in [0, 0.1) is 19.3 Å². The first kappa shape index (κ1) is 14.7. The maximum absolute atomic E-state index is 11.9. The molecule has 1 amide bonds. The van der Waals surface area contributed by atoms with E-state index in [1.807, 2.05) is 52.8 Å². The number of hydrogen-bond donors (Lipinski definition) is 2. The number of aryl methyl sites for hydroxylation is 1. The molecule has 0 aliphatic carbocycles. The summed E-state index contributed by atoms with van der Waals surface area (Å²) in [5.41, 5.74) is 9.11. The van der Waals surface area contributed by atoms with Gasteiger partial charge in [0.2, 0.25) is 5.91 Å². The van der Waals surface area contributed by atoms with E-state index in [4.69, 9.17) is 5.73 Å². The van der Waals surface area contributed by atoms with Crippen molar-refractivity contribution in [2.24, 2.45) is 11.1 Å². The van der Waals surface area contributed by atoms with E-state index in [0.29, 0.717) is 6.42 Å². The predicted molar refractivity (Wildman–Crippen MR) is 76.6 cm³/mol. The maximum Gasteiger partial charge on any atom is 0.225 e. The van der Waals surface area contributed by atoms with Gasteiger partial charge in [0.1, 0.15) is 0 Å². The Kier molecular flexibility index (Phi) is 4.52. The Hall–Kier alpha value is -1.35. The summed E-state index contributed by atoms with van der Waals surface area (Å²) < 4.78 is 0. The topological polar surface area (TPSA) is 55.1 Å². The summed E-state index contributed by atoms with van der Waals surface area (Å²) in [5, 5.41) is 2.94. The third-order valence-corrected chi connectivity index (χ3v) is 3.40. The van der Waals surface area contributed by atoms with E-state index in [-0.39, 0.29) is 17.4 Å². The van der Waals surface area contributed by atoms with E-state index in [9.17, 15) is 4.79 Å². The van der Waals surface area contributed by atoms with Gasteiger partial charge in [0.15, 0.2) is 0 Å². The Morgan fingerprint density at radius 3 is 2.50 bits per heavy atom. The highest BCUT2D eigenvalue weighted by molar-refractivity contribution is 5.92. The molecule has 0 saturated carbocycles. The number of carbonyl (C=O) groups excluding carboxylic acids is 1. The molecule has 0 radical (unpaired) electrons. The second-order valence-corrected chi connectivity index (χ2v) is 5.97. The fourth-order valence-corrected chi connectivity index (χ4v) is 1.59. The van der Waals surface area contributed by atoms with Gasteiger partial charge in [-0.2, -0.15) is 0 Å². The maximum atomic E-state index is 11.9. The zero-order valence-corrected chi connectivity index (χ0v) is 12.0. The minimum atomic E-state index is -0.136. The van der Waals surface area contributed by atoms with Crippen LogP contribution in [0.1, 0.15) is 38.3 Å². The van der Waals surface area contributed by atoms with E-state index in [0.717, 1.165) is 11.3 Å². The molecule has 0 bridgehead atoms. The van der Waals surface area contributed by atoms with E-state index in [1.54, 1.807) is 0 Å². The lowest BCUT2D eigenvalue weighted by molar-refractivity contribution is -0.117. The summed E-state index contributed by atoms with van der Waals surface area (Å²) in [5.74, 6) is -0.0221. The standard InChI is InChI=1S/C15H24N2O/c1-10-7-6-8-12(11(10)2)17-14(18)9-13(16)15(3,4)5/h6-8,13H,9,16H2,1-5H3,(H,17,18). The summed E-state index contributed by atoms with van der Waals surface area (Å²) in [6, 6.07) is 5.76. The molecule has 0 saturated heterocycles. The molecule has 3 heteroatoms. The summed E-state index contributed by atoms with van der Waals surface area (Å²) in [6.07, 6.45) is 0.344. The molecule has 0 aromatic heterocycles. The first-order chi connectivity index (χ1) is 8.21. The molecule has 0 fully saturated rings. The molecule has 3 N–H and O–H groups in total. The van der Waals surface area contributed by atoms with Crippen LogP contribution in [0.25, 0.3) is 0 Å². The predicted octanol–water partition coefficient (Wildman–Crippen LogP) is 3.01. The quantitative estimate of drug-likeness (QED) is 0.864. The molecule has 1 atom stereocenters. The van der Waals surface area contributed by atoms with E-state index < -0.39 is 0 Å². The average molecular weight is 248 g/mol. The molecular weight excluding hydrogens is 224 g/mol. The van der Waals surface area contributed by atoms with Crippen LogP contribution < -0.4 is 11.1 Å². The van der Waals surface area contributed by atoms with Gasteiger partial charge in [0, 0.05) is 18.2 Å². The fraction of sp³-hybridized carbons (Fsp3) is 0.533. The third-order valence-electron chi connectivity index (χ3n) is 3.40. The van der Waals surface area contributed by atoms with Crippen molar-refractivity contribution >= 4 is 11.6 Å². The minimum absolute atomic E-state index is 0.0221. The number of nitrogens with two attached hydrogens (primary N) is 1. The van der Waals surface area contributed by atoms with Crippen LogP contribution in [0.5, 0.6) is 0 Å². The number of benzene rings is 1. The monoisotopic (exact) mass is 248 g/mol. The molecule has 1 rings (SSSR count). The number of amides is 1. The normalized spacial score (nSPS) is 13.2. The van der Waals surface area contributed by atoms with Crippen molar-refractivity contribution in [1.29, 1.82) is 0 Å². The number of rotatable bonds is 3. The lowest BCUT2D eigenvalue weighted by atomic mass is 9.85. The van der Waals surface area contributed by atoms with Crippen molar-refractivity contribution in [3.05, 3.63) is 29.3 Å². The molecule has 0 heterocycles. The van der Waals surface area contributed by atoms with Crippen molar-refractivity contribution in [2.45, 2.75) is 47.1 Å². The van der Waals surface area contributed by atoms with Gasteiger partial charge in [-0.3, -0.25) is 4.79 Å². The number of carbonyl (C=O) groups is 1. The highest BCUT2D eigenvalue weighted by Gasteiger charge is 2.23. The van der Waals surface area contributed by atoms with Gasteiger partial charge in [-0.1, -0.05) is 32.9 Å². The van der Waals surface area contributed by atoms with Crippen molar-refractivity contribution < 1.29 is 4.79 Å². The largest absolute Gasteiger partial charge is 0.327 e. The van der Waals surface area contributed by atoms with Gasteiger partial charge < -0.3 is 11.1 Å². The molecule has 0 aliphatic rings. The Morgan fingerprint density at radius 2 is 1.94 bits per heavy atom. The Balaban J connectivity index is 2.69. The number of nitrogens with one attached hydrogen (secondary N) is 1. The molecule has 1 aromatic rings. The second-order valence-electron chi connectivity index (χ2n) is 5.97. The number of hydrogen-bond acceptors (Lipinski definition) is 2. The van der Waals surface area contributed by atoms with E-state index in [1.165, 1.54) is 5.56 Å². The highest BCUT2D eigenvalue weighted by atomic mass is 16.1. The van der Waals surface area contributed by atoms with Crippen LogP contribution in [0.2, 0.25) is 0 Å². The Labute approximate surface area is 110 Å². The van der Waals surface area contributed by atoms with E-state index in [2.05, 4.69) is 5.32 Å². The van der Waals surface area contributed by atoms with Gasteiger partial charge in [0.25, 0.3) is 0 Å². The van der Waals surface area contributed by atoms with Crippen LogP contribution in [-0.2, 0) is 4.79 Å². The smallest absolute Gasteiger partial charge is 0.225 e. The molecule has 100 valence electrons. The van der Waals surface area contributed by atoms with Gasteiger partial charge in [-0.15, -0.1) is 0 Å². The molecule has 1 aromatic carbocycles. The molecule has 1 unspecified atom stereocenters. The first-order valence-corrected chi connectivity index (χ1v) is 6.33. The van der Waals surface area contributed by atoms with Crippen molar-refractivity contribution in [3.8, 4) is 0 Å². The highest BCUT2D eigenvalue weighted by Crippen LogP contribution is 2.22. The molecule has 3 nitrogen and oxygen atoms in total. The number of anilines is 1. The van der Waals surface area contributed by atoms with Crippen LogP contribution in [0.3, 0.4) is 0 Å². The first-order valence-electron chi connectivity index (χ1n) is 6.33. The zero-order chi connectivity index (χ0) is 13.9. The van der Waals surface area contributed by atoms with Gasteiger partial charge >= 0.3 is 0 Å². The fourth-order valence-electron chi connectivity index (χ4n) is 1.59. The Bertz CT molecular complexity index is 433. The second kappa shape index (κ2) is 5.53. The average Bonchev–Trinajstić information content (AvgIpc) is 2.23. The van der Waals surface area contributed by atoms with Crippen LogP contribution in [0.4, 0.5) is 5.69 Å². The minimum Gasteiger partial charge on any atom is -0.327 e. The van der Waals surface area contributed by atoms with Crippen LogP contribution in [0.15, 0.2) is 18.2 Å². The Morgan fingerprint density at radius 1 is 1.33 bits per heavy atom. The lowest BCUT2D eigenvalue weighted by Gasteiger charge is -2.26. The molecule has 0 aliphatic heterocycles. The van der Waals surface area contributed by atoms with Crippen LogP contribution in [-0.4, -0.2) is 11.9 Å². The van der Waals surface area contributed by atoms with Crippen molar-refractivity contribution in [2.75, 3.05) is 5.32 Å². The zero-order valence-electron chi connectivity index (χ0n) is 12.0. The summed E-state index contributed by atoms with van der Waals surface area (Å²) in [4.78, 5) is 11.9. The molecule has 0 spiro atoms. The van der Waals surface area contributed by atoms with Crippen LogP contribution >= 0.6 is 0 Å². The van der Waals surface area contributed by atoms with Gasteiger partial charge in [-0.25, -0.2) is 0 Å². The van der Waals surface area contributed by atoms with E-state index >= 15 is 0 Å². The van der Waals surface area contributed by atoms with Crippen molar-refractivity contribution in [3.63, 3.8) is 0 Å². The van der Waals surface area contributed by atoms with Gasteiger partial charge in [-0.05, 0) is 36.5 Å². The van der Waals surface area contributed by atoms with Gasteiger partial charge in [0.05, 0.1) is 0 Å². The summed E-state index contributed by atoms with van der Waals surface area (Å²) >= 11 is 0. The molecular formula is C15H24N2O. The summed E-state index contributed by atoms with van der Waals surface area (Å²) in [6.45, 7) is 10.2. The molecule has 18 heavy (non-hydrogen) atoms. The third kappa shape index (κ3) is 3.84. The summed E-state index contributed by atoms with van der Waals surface area (Å²) in [7, 11) is 0.